The SMILES string of the molecule is CCc1c(CCc2ccc(O[C@H]3CCN(C(=O)OC(C)(C)C)C3)cc2)n(CC(=O)O)c2cc(C#N)ccc12. The Morgan fingerprint density at radius 2 is 1.87 bits per heavy atom. The molecule has 2 heterocycles. The number of hydrogen-bond acceptors (Lipinski definition) is 5. The first-order valence-electron chi connectivity index (χ1n) is 13.1. The summed E-state index contributed by atoms with van der Waals surface area (Å²) in [5, 5.41) is 19.9. The minimum atomic E-state index is -0.910. The minimum absolute atomic E-state index is 0.0782. The van der Waals surface area contributed by atoms with E-state index < -0.39 is 11.6 Å². The number of aromatic nitrogens is 1. The van der Waals surface area contributed by atoms with Gasteiger partial charge in [-0.05, 0) is 75.4 Å². The van der Waals surface area contributed by atoms with Crippen molar-refractivity contribution in [3.8, 4) is 11.8 Å². The summed E-state index contributed by atoms with van der Waals surface area (Å²) in [6, 6.07) is 15.6. The second-order valence-electron chi connectivity index (χ2n) is 10.7. The molecule has 2 aromatic carbocycles. The molecule has 8 nitrogen and oxygen atoms in total. The number of benzene rings is 2. The van der Waals surface area contributed by atoms with Gasteiger partial charge in [0.2, 0.25) is 0 Å². The Balaban J connectivity index is 1.43. The maximum atomic E-state index is 12.3. The summed E-state index contributed by atoms with van der Waals surface area (Å²) >= 11 is 0. The summed E-state index contributed by atoms with van der Waals surface area (Å²) in [6.45, 7) is 8.60. The van der Waals surface area contributed by atoms with Crippen molar-refractivity contribution in [3.63, 3.8) is 0 Å². The van der Waals surface area contributed by atoms with Crippen LogP contribution in [0.3, 0.4) is 0 Å². The molecule has 0 unspecified atom stereocenters. The molecule has 0 spiro atoms. The van der Waals surface area contributed by atoms with Crippen molar-refractivity contribution < 1.29 is 24.2 Å². The van der Waals surface area contributed by atoms with E-state index >= 15 is 0 Å². The van der Waals surface area contributed by atoms with Crippen LogP contribution in [-0.2, 0) is 35.3 Å². The molecule has 0 aliphatic carbocycles. The third-order valence-electron chi connectivity index (χ3n) is 6.74. The quantitative estimate of drug-likeness (QED) is 0.433. The molecule has 1 aromatic heterocycles. The summed E-state index contributed by atoms with van der Waals surface area (Å²) in [5.74, 6) is -0.158. The molecular weight excluding hydrogens is 482 g/mol. The molecule has 1 N–H and O–H groups in total. The highest BCUT2D eigenvalue weighted by Crippen LogP contribution is 2.29. The van der Waals surface area contributed by atoms with Crippen LogP contribution < -0.4 is 4.74 Å². The van der Waals surface area contributed by atoms with E-state index in [1.54, 1.807) is 17.0 Å². The lowest BCUT2D eigenvalue weighted by atomic mass is 10.0. The lowest BCUT2D eigenvalue weighted by Crippen LogP contribution is -2.36. The van der Waals surface area contributed by atoms with Crippen LogP contribution in [0.1, 0.15) is 56.5 Å². The Hall–Kier alpha value is -3.99. The Morgan fingerprint density at radius 3 is 2.50 bits per heavy atom. The number of hydrogen-bond donors (Lipinski definition) is 1. The van der Waals surface area contributed by atoms with Crippen LogP contribution in [0.5, 0.6) is 5.75 Å². The number of carbonyl (C=O) groups is 2. The van der Waals surface area contributed by atoms with E-state index in [-0.39, 0.29) is 18.7 Å². The van der Waals surface area contributed by atoms with Gasteiger partial charge in [-0.25, -0.2) is 4.79 Å². The van der Waals surface area contributed by atoms with Crippen molar-refractivity contribution in [2.24, 2.45) is 0 Å². The van der Waals surface area contributed by atoms with Gasteiger partial charge < -0.3 is 24.0 Å². The summed E-state index contributed by atoms with van der Waals surface area (Å²) in [4.78, 5) is 25.7. The number of likely N-dealkylation sites (tertiary alicyclic amines) is 1. The van der Waals surface area contributed by atoms with Gasteiger partial charge in [0.25, 0.3) is 0 Å². The first-order chi connectivity index (χ1) is 18.1. The van der Waals surface area contributed by atoms with E-state index in [1.807, 2.05) is 55.7 Å². The van der Waals surface area contributed by atoms with Crippen molar-refractivity contribution >= 4 is 23.0 Å². The number of aryl methyl sites for hydroxylation is 2. The lowest BCUT2D eigenvalue weighted by Gasteiger charge is -2.24. The Morgan fingerprint density at radius 1 is 1.13 bits per heavy atom. The summed E-state index contributed by atoms with van der Waals surface area (Å²) in [5.41, 5.74) is 4.02. The van der Waals surface area contributed by atoms with Gasteiger partial charge >= 0.3 is 12.1 Å². The van der Waals surface area contributed by atoms with Gasteiger partial charge in [0, 0.05) is 24.0 Å². The monoisotopic (exact) mass is 517 g/mol. The normalized spacial score (nSPS) is 15.4. The molecule has 4 rings (SSSR count). The second kappa shape index (κ2) is 11.2. The molecule has 0 saturated carbocycles. The minimum Gasteiger partial charge on any atom is -0.489 e. The number of ether oxygens (including phenoxy) is 2. The summed E-state index contributed by atoms with van der Waals surface area (Å²) < 4.78 is 13.4. The molecule has 3 aromatic rings. The van der Waals surface area contributed by atoms with Gasteiger partial charge in [0.1, 0.15) is 24.0 Å². The van der Waals surface area contributed by atoms with Crippen LogP contribution in [0, 0.1) is 11.3 Å². The van der Waals surface area contributed by atoms with Crippen LogP contribution in [0.15, 0.2) is 42.5 Å². The number of aliphatic carboxylic acids is 1. The van der Waals surface area contributed by atoms with Gasteiger partial charge in [-0.2, -0.15) is 5.26 Å². The van der Waals surface area contributed by atoms with Gasteiger partial charge in [-0.3, -0.25) is 4.79 Å². The molecule has 200 valence electrons. The summed E-state index contributed by atoms with van der Waals surface area (Å²) in [6.07, 6.45) is 2.56. The Labute approximate surface area is 223 Å². The fourth-order valence-corrected chi connectivity index (χ4v) is 5.05. The number of nitrogens with zero attached hydrogens (tertiary/aromatic N) is 3. The largest absolute Gasteiger partial charge is 0.489 e. The average molecular weight is 518 g/mol. The fourth-order valence-electron chi connectivity index (χ4n) is 5.05. The van der Waals surface area contributed by atoms with E-state index in [2.05, 4.69) is 13.0 Å². The smallest absolute Gasteiger partial charge is 0.410 e. The zero-order valence-corrected chi connectivity index (χ0v) is 22.5. The number of nitriles is 1. The van der Waals surface area contributed by atoms with Crippen molar-refractivity contribution in [2.75, 3.05) is 13.1 Å². The molecule has 1 amide bonds. The van der Waals surface area contributed by atoms with Crippen LogP contribution in [-0.4, -0.2) is 51.4 Å². The number of carboxylic acids is 1. The lowest BCUT2D eigenvalue weighted by molar-refractivity contribution is -0.137. The van der Waals surface area contributed by atoms with Crippen molar-refractivity contribution in [1.82, 2.24) is 9.47 Å². The molecule has 1 fully saturated rings. The van der Waals surface area contributed by atoms with E-state index in [4.69, 9.17) is 9.47 Å². The highest BCUT2D eigenvalue weighted by atomic mass is 16.6. The maximum Gasteiger partial charge on any atom is 0.410 e. The number of rotatable bonds is 8. The highest BCUT2D eigenvalue weighted by Gasteiger charge is 2.30. The Bertz CT molecular complexity index is 1360. The molecule has 0 radical (unpaired) electrons. The van der Waals surface area contributed by atoms with E-state index in [0.29, 0.717) is 25.1 Å². The topological polar surface area (TPSA) is 105 Å². The third-order valence-corrected chi connectivity index (χ3v) is 6.74. The van der Waals surface area contributed by atoms with Gasteiger partial charge in [-0.15, -0.1) is 0 Å². The van der Waals surface area contributed by atoms with Crippen LogP contribution in [0.25, 0.3) is 10.9 Å². The number of fused-ring (bicyclic) bond motifs is 1. The molecular formula is C30H35N3O5. The van der Waals surface area contributed by atoms with Crippen LogP contribution in [0.2, 0.25) is 0 Å². The van der Waals surface area contributed by atoms with Crippen LogP contribution >= 0.6 is 0 Å². The second-order valence-corrected chi connectivity index (χ2v) is 10.7. The number of amides is 1. The van der Waals surface area contributed by atoms with E-state index in [0.717, 1.165) is 52.7 Å². The van der Waals surface area contributed by atoms with Crippen molar-refractivity contribution in [3.05, 3.63) is 64.8 Å². The molecule has 8 heteroatoms. The van der Waals surface area contributed by atoms with Gasteiger partial charge in [0.15, 0.2) is 0 Å². The molecule has 1 atom stereocenters. The fraction of sp³-hybridized carbons (Fsp3) is 0.433. The third kappa shape index (κ3) is 6.28. The Kier molecular flexibility index (Phi) is 7.96. The molecule has 1 aliphatic rings. The van der Waals surface area contributed by atoms with Crippen LogP contribution in [0.4, 0.5) is 4.79 Å². The highest BCUT2D eigenvalue weighted by molar-refractivity contribution is 5.88. The predicted octanol–water partition coefficient (Wildman–Crippen LogP) is 5.33. The number of carbonyl (C=O) groups excluding carboxylic acids is 1. The number of carboxylic acid groups (broad SMARTS) is 1. The van der Waals surface area contributed by atoms with Crippen molar-refractivity contribution in [1.29, 1.82) is 5.26 Å². The first kappa shape index (κ1) is 27.1. The zero-order valence-electron chi connectivity index (χ0n) is 22.5. The summed E-state index contributed by atoms with van der Waals surface area (Å²) in [7, 11) is 0. The molecule has 38 heavy (non-hydrogen) atoms. The average Bonchev–Trinajstić information content (AvgIpc) is 3.44. The van der Waals surface area contributed by atoms with Gasteiger partial charge in [0.05, 0.1) is 23.7 Å². The molecule has 1 aliphatic heterocycles. The molecule has 0 bridgehead atoms. The van der Waals surface area contributed by atoms with Gasteiger partial charge in [-0.1, -0.05) is 25.1 Å². The van der Waals surface area contributed by atoms with E-state index in [1.165, 1.54) is 0 Å². The first-order valence-corrected chi connectivity index (χ1v) is 13.1. The van der Waals surface area contributed by atoms with E-state index in [9.17, 15) is 20.0 Å². The predicted molar refractivity (Wildman–Crippen MR) is 144 cm³/mol. The van der Waals surface area contributed by atoms with Crippen molar-refractivity contribution in [2.45, 2.75) is 71.6 Å². The zero-order chi connectivity index (χ0) is 27.4. The maximum absolute atomic E-state index is 12.3. The standard InChI is InChI=1S/C30H35N3O5/c1-5-24-25-12-8-21(17-31)16-27(25)33(19-28(34)35)26(24)13-9-20-6-10-22(11-7-20)37-23-14-15-32(18-23)29(36)38-30(2,3)4/h6-8,10-12,16,23H,5,9,13-15,18-19H2,1-4H3,(H,34,35)/t23-/m0/s1. The molecule has 1 saturated heterocycles.